The van der Waals surface area contributed by atoms with E-state index in [9.17, 15) is 4.79 Å². The minimum Gasteiger partial charge on any atom is -0.372 e. The molecule has 0 spiro atoms. The number of nitriles is 1. The van der Waals surface area contributed by atoms with Gasteiger partial charge in [0.25, 0.3) is 5.91 Å². The Labute approximate surface area is 107 Å². The highest BCUT2D eigenvalue weighted by Gasteiger charge is 2.18. The molecule has 1 heterocycles. The van der Waals surface area contributed by atoms with Crippen molar-refractivity contribution in [3.63, 3.8) is 0 Å². The monoisotopic (exact) mass is 247 g/mol. The van der Waals surface area contributed by atoms with E-state index in [0.29, 0.717) is 24.6 Å². The quantitative estimate of drug-likeness (QED) is 0.843. The smallest absolute Gasteiger partial charge is 0.274 e. The molecule has 1 aromatic heterocycles. The van der Waals surface area contributed by atoms with Gasteiger partial charge in [0.15, 0.2) is 5.69 Å². The summed E-state index contributed by atoms with van der Waals surface area (Å²) in [7, 11) is 1.73. The predicted octanol–water partition coefficient (Wildman–Crippen LogP) is 1.14. The maximum absolute atomic E-state index is 12.1. The molecule has 0 aliphatic heterocycles. The summed E-state index contributed by atoms with van der Waals surface area (Å²) in [5, 5.41) is 19.3. The van der Waals surface area contributed by atoms with E-state index in [2.05, 4.69) is 21.6 Å². The van der Waals surface area contributed by atoms with Gasteiger partial charge in [0.1, 0.15) is 5.82 Å². The van der Waals surface area contributed by atoms with Gasteiger partial charge in [-0.1, -0.05) is 0 Å². The Balaban J connectivity index is 2.80. The Bertz CT molecular complexity index is 437. The van der Waals surface area contributed by atoms with E-state index >= 15 is 0 Å². The Kier molecular flexibility index (Phi) is 5.06. The van der Waals surface area contributed by atoms with Gasteiger partial charge >= 0.3 is 0 Å². The van der Waals surface area contributed by atoms with Gasteiger partial charge in [-0.05, 0) is 26.0 Å². The van der Waals surface area contributed by atoms with Crippen molar-refractivity contribution in [1.82, 2.24) is 15.1 Å². The van der Waals surface area contributed by atoms with Crippen molar-refractivity contribution in [3.8, 4) is 6.07 Å². The van der Waals surface area contributed by atoms with Crippen molar-refractivity contribution in [2.45, 2.75) is 13.8 Å². The molecule has 6 nitrogen and oxygen atoms in total. The lowest BCUT2D eigenvalue weighted by atomic mass is 10.2. The number of anilines is 1. The van der Waals surface area contributed by atoms with Gasteiger partial charge in [-0.25, -0.2) is 0 Å². The molecule has 0 bridgehead atoms. The number of hydrogen-bond acceptors (Lipinski definition) is 5. The Morgan fingerprint density at radius 1 is 1.56 bits per heavy atom. The van der Waals surface area contributed by atoms with Gasteiger partial charge in [-0.15, -0.1) is 10.2 Å². The molecular weight excluding hydrogens is 230 g/mol. The van der Waals surface area contributed by atoms with Crippen LogP contribution in [0.2, 0.25) is 0 Å². The summed E-state index contributed by atoms with van der Waals surface area (Å²) >= 11 is 0. The van der Waals surface area contributed by atoms with Crippen molar-refractivity contribution >= 4 is 11.7 Å². The van der Waals surface area contributed by atoms with Gasteiger partial charge in [0.05, 0.1) is 12.0 Å². The van der Waals surface area contributed by atoms with Crippen molar-refractivity contribution in [2.24, 2.45) is 5.92 Å². The fraction of sp³-hybridized carbons (Fsp3) is 0.500. The van der Waals surface area contributed by atoms with Crippen LogP contribution >= 0.6 is 0 Å². The molecule has 6 heteroatoms. The summed E-state index contributed by atoms with van der Waals surface area (Å²) in [5.74, 6) is 0.216. The molecule has 0 aromatic carbocycles. The van der Waals surface area contributed by atoms with Crippen LogP contribution < -0.4 is 5.32 Å². The summed E-state index contributed by atoms with van der Waals surface area (Å²) in [4.78, 5) is 13.7. The highest BCUT2D eigenvalue weighted by molar-refractivity contribution is 5.92. The van der Waals surface area contributed by atoms with Crippen LogP contribution in [0.5, 0.6) is 0 Å². The molecule has 1 amide bonds. The fourth-order valence-electron chi connectivity index (χ4n) is 1.47. The first kappa shape index (κ1) is 13.9. The fourth-order valence-corrected chi connectivity index (χ4v) is 1.47. The topological polar surface area (TPSA) is 81.9 Å². The maximum Gasteiger partial charge on any atom is 0.274 e. The van der Waals surface area contributed by atoms with E-state index in [-0.39, 0.29) is 11.8 Å². The van der Waals surface area contributed by atoms with E-state index < -0.39 is 0 Å². The molecule has 1 unspecified atom stereocenters. The molecule has 0 fully saturated rings. The Morgan fingerprint density at radius 3 is 2.72 bits per heavy atom. The molecule has 0 aliphatic rings. The van der Waals surface area contributed by atoms with Crippen molar-refractivity contribution in [2.75, 3.05) is 25.5 Å². The zero-order valence-corrected chi connectivity index (χ0v) is 10.8. The number of nitrogens with one attached hydrogen (secondary N) is 1. The number of carbonyl (C=O) groups excluding carboxylic acids is 1. The predicted molar refractivity (Wildman–Crippen MR) is 67.9 cm³/mol. The minimum atomic E-state index is -0.199. The number of hydrogen-bond donors (Lipinski definition) is 1. The van der Waals surface area contributed by atoms with Crippen LogP contribution in [0.15, 0.2) is 12.1 Å². The first-order chi connectivity index (χ1) is 8.62. The van der Waals surface area contributed by atoms with E-state index in [1.165, 1.54) is 0 Å². The summed E-state index contributed by atoms with van der Waals surface area (Å²) in [5.41, 5.74) is 0.293. The molecule has 1 atom stereocenters. The normalized spacial score (nSPS) is 11.4. The van der Waals surface area contributed by atoms with E-state index in [4.69, 9.17) is 5.26 Å². The van der Waals surface area contributed by atoms with Crippen molar-refractivity contribution < 1.29 is 4.79 Å². The number of nitrogens with zero attached hydrogens (tertiary/aromatic N) is 4. The molecule has 0 radical (unpaired) electrons. The number of amides is 1. The number of carbonyl (C=O) groups is 1. The maximum atomic E-state index is 12.1. The zero-order chi connectivity index (χ0) is 13.5. The van der Waals surface area contributed by atoms with Crippen LogP contribution in [-0.2, 0) is 0 Å². The van der Waals surface area contributed by atoms with Gasteiger partial charge in [0.2, 0.25) is 0 Å². The summed E-state index contributed by atoms with van der Waals surface area (Å²) in [6, 6.07) is 5.44. The molecule has 0 saturated carbocycles. The van der Waals surface area contributed by atoms with E-state index in [1.54, 1.807) is 31.0 Å². The second-order valence-corrected chi connectivity index (χ2v) is 3.93. The molecule has 18 heavy (non-hydrogen) atoms. The van der Waals surface area contributed by atoms with Crippen LogP contribution in [-0.4, -0.2) is 41.1 Å². The van der Waals surface area contributed by atoms with Crippen molar-refractivity contribution in [3.05, 3.63) is 17.8 Å². The summed E-state index contributed by atoms with van der Waals surface area (Å²) in [6.07, 6.45) is 0. The molecular formula is C12H17N5O. The minimum absolute atomic E-state index is 0.196. The van der Waals surface area contributed by atoms with Gasteiger partial charge < -0.3 is 10.2 Å². The van der Waals surface area contributed by atoms with Crippen molar-refractivity contribution in [1.29, 1.82) is 5.26 Å². The second-order valence-electron chi connectivity index (χ2n) is 3.93. The van der Waals surface area contributed by atoms with Crippen LogP contribution in [0.25, 0.3) is 0 Å². The molecule has 0 saturated heterocycles. The highest BCUT2D eigenvalue weighted by atomic mass is 16.2. The van der Waals surface area contributed by atoms with Crippen LogP contribution in [0.4, 0.5) is 5.82 Å². The molecule has 0 aliphatic carbocycles. The third kappa shape index (κ3) is 3.42. The second kappa shape index (κ2) is 6.55. The Morgan fingerprint density at radius 2 is 2.28 bits per heavy atom. The molecule has 1 N–H and O–H groups in total. The SMILES string of the molecule is CCN(CC(C)C#N)C(=O)c1ccc(NC)nn1. The lowest BCUT2D eigenvalue weighted by molar-refractivity contribution is 0.0745. The van der Waals surface area contributed by atoms with Crippen LogP contribution in [0.1, 0.15) is 24.3 Å². The Hall–Kier alpha value is -2.16. The van der Waals surface area contributed by atoms with Gasteiger partial charge in [0, 0.05) is 20.1 Å². The largest absolute Gasteiger partial charge is 0.372 e. The van der Waals surface area contributed by atoms with Crippen LogP contribution in [0.3, 0.4) is 0 Å². The third-order valence-corrected chi connectivity index (χ3v) is 2.52. The zero-order valence-electron chi connectivity index (χ0n) is 10.8. The average molecular weight is 247 g/mol. The summed E-state index contributed by atoms with van der Waals surface area (Å²) in [6.45, 7) is 4.60. The molecule has 1 rings (SSSR count). The first-order valence-corrected chi connectivity index (χ1v) is 5.82. The lowest BCUT2D eigenvalue weighted by Gasteiger charge is -2.21. The average Bonchev–Trinajstić information content (AvgIpc) is 2.43. The van der Waals surface area contributed by atoms with Gasteiger partial charge in [-0.3, -0.25) is 4.79 Å². The summed E-state index contributed by atoms with van der Waals surface area (Å²) < 4.78 is 0. The highest BCUT2D eigenvalue weighted by Crippen LogP contribution is 2.06. The molecule has 96 valence electrons. The van der Waals surface area contributed by atoms with Gasteiger partial charge in [-0.2, -0.15) is 5.26 Å². The van der Waals surface area contributed by atoms with Crippen LogP contribution in [0, 0.1) is 17.2 Å². The number of aromatic nitrogens is 2. The van der Waals surface area contributed by atoms with E-state index in [1.807, 2.05) is 6.92 Å². The molecule has 1 aromatic rings. The first-order valence-electron chi connectivity index (χ1n) is 5.82. The number of rotatable bonds is 5. The van der Waals surface area contributed by atoms with E-state index in [0.717, 1.165) is 0 Å². The lowest BCUT2D eigenvalue weighted by Crippen LogP contribution is -2.35. The third-order valence-electron chi connectivity index (χ3n) is 2.52. The standard InChI is InChI=1S/C12H17N5O/c1-4-17(8-9(2)7-13)12(18)10-5-6-11(14-3)16-15-10/h5-6,9H,4,8H2,1-3H3,(H,14,16).